The summed E-state index contributed by atoms with van der Waals surface area (Å²) in [5.41, 5.74) is -0.692. The van der Waals surface area contributed by atoms with Crippen LogP contribution in [0, 0.1) is 22.7 Å². The van der Waals surface area contributed by atoms with Crippen molar-refractivity contribution in [3.8, 4) is 6.07 Å². The van der Waals surface area contributed by atoms with Crippen molar-refractivity contribution in [1.29, 1.82) is 5.26 Å². The van der Waals surface area contributed by atoms with E-state index in [2.05, 4.69) is 11.0 Å². The number of carbonyl (C=O) groups is 1. The van der Waals surface area contributed by atoms with E-state index in [0.29, 0.717) is 12.0 Å². The van der Waals surface area contributed by atoms with Crippen molar-refractivity contribution in [3.05, 3.63) is 0 Å². The standard InChI is InChI=1S/C17H26N2O/c18-13-17(10-5-1-2-6-11-17)16(20)19-12-9-14-7-3-4-8-15(14)19/h14-15H,1-12H2. The van der Waals surface area contributed by atoms with Gasteiger partial charge in [-0.1, -0.05) is 38.5 Å². The van der Waals surface area contributed by atoms with E-state index in [1.807, 2.05) is 0 Å². The van der Waals surface area contributed by atoms with E-state index in [1.165, 1.54) is 32.1 Å². The Bertz CT molecular complexity index is 404. The van der Waals surface area contributed by atoms with E-state index in [9.17, 15) is 10.1 Å². The molecule has 110 valence electrons. The van der Waals surface area contributed by atoms with Crippen molar-refractivity contribution < 1.29 is 4.79 Å². The van der Waals surface area contributed by atoms with Crippen LogP contribution in [0.3, 0.4) is 0 Å². The zero-order valence-corrected chi connectivity index (χ0v) is 12.4. The maximum Gasteiger partial charge on any atom is 0.243 e. The molecule has 3 nitrogen and oxygen atoms in total. The summed E-state index contributed by atoms with van der Waals surface area (Å²) in [6.07, 6.45) is 12.2. The summed E-state index contributed by atoms with van der Waals surface area (Å²) in [7, 11) is 0. The normalized spacial score (nSPS) is 33.0. The first-order valence-electron chi connectivity index (χ1n) is 8.49. The Hall–Kier alpha value is -1.04. The van der Waals surface area contributed by atoms with Crippen LogP contribution in [0.4, 0.5) is 0 Å². The molecule has 0 bridgehead atoms. The van der Waals surface area contributed by atoms with Gasteiger partial charge < -0.3 is 4.90 Å². The monoisotopic (exact) mass is 274 g/mol. The second-order valence-corrected chi connectivity index (χ2v) is 7.01. The molecule has 1 heterocycles. The Morgan fingerprint density at radius 2 is 1.70 bits per heavy atom. The highest BCUT2D eigenvalue weighted by molar-refractivity contribution is 5.86. The fraction of sp³-hybridized carbons (Fsp3) is 0.882. The topological polar surface area (TPSA) is 44.1 Å². The molecule has 1 aliphatic heterocycles. The predicted octanol–water partition coefficient (Wildman–Crippen LogP) is 3.64. The first-order valence-corrected chi connectivity index (χ1v) is 8.49. The number of nitriles is 1. The third-order valence-electron chi connectivity index (χ3n) is 5.85. The first kappa shape index (κ1) is 13.9. The van der Waals surface area contributed by atoms with Crippen molar-refractivity contribution in [2.45, 2.75) is 76.7 Å². The number of hydrogen-bond donors (Lipinski definition) is 0. The van der Waals surface area contributed by atoms with Crippen LogP contribution in [-0.2, 0) is 4.79 Å². The zero-order chi connectivity index (χ0) is 14.0. The third kappa shape index (κ3) is 2.34. The van der Waals surface area contributed by atoms with Gasteiger partial charge in [0, 0.05) is 12.6 Å². The average molecular weight is 274 g/mol. The molecule has 0 aromatic carbocycles. The van der Waals surface area contributed by atoms with Crippen LogP contribution in [0.2, 0.25) is 0 Å². The number of nitrogens with zero attached hydrogens (tertiary/aromatic N) is 2. The molecular weight excluding hydrogens is 248 g/mol. The number of likely N-dealkylation sites (tertiary alicyclic amines) is 1. The molecule has 0 N–H and O–H groups in total. The smallest absolute Gasteiger partial charge is 0.243 e. The van der Waals surface area contributed by atoms with Crippen LogP contribution < -0.4 is 0 Å². The van der Waals surface area contributed by atoms with Crippen LogP contribution >= 0.6 is 0 Å². The van der Waals surface area contributed by atoms with Crippen LogP contribution in [0.5, 0.6) is 0 Å². The maximum absolute atomic E-state index is 13.1. The molecule has 3 heteroatoms. The molecule has 2 saturated carbocycles. The van der Waals surface area contributed by atoms with Crippen LogP contribution in [0.1, 0.15) is 70.6 Å². The van der Waals surface area contributed by atoms with Gasteiger partial charge in [0.15, 0.2) is 0 Å². The summed E-state index contributed by atoms with van der Waals surface area (Å²) in [4.78, 5) is 15.2. The quantitative estimate of drug-likeness (QED) is 0.685. The molecule has 2 atom stereocenters. The number of carbonyl (C=O) groups excluding carboxylic acids is 1. The molecule has 1 amide bonds. The molecule has 20 heavy (non-hydrogen) atoms. The molecule has 3 rings (SSSR count). The van der Waals surface area contributed by atoms with Crippen LogP contribution in [-0.4, -0.2) is 23.4 Å². The van der Waals surface area contributed by atoms with E-state index < -0.39 is 5.41 Å². The van der Waals surface area contributed by atoms with Crippen LogP contribution in [0.25, 0.3) is 0 Å². The van der Waals surface area contributed by atoms with Gasteiger partial charge in [0.05, 0.1) is 6.07 Å². The summed E-state index contributed by atoms with van der Waals surface area (Å²) in [6, 6.07) is 2.89. The van der Waals surface area contributed by atoms with Crippen molar-refractivity contribution in [2.24, 2.45) is 11.3 Å². The zero-order valence-electron chi connectivity index (χ0n) is 12.4. The van der Waals surface area contributed by atoms with Crippen LogP contribution in [0.15, 0.2) is 0 Å². The molecule has 3 aliphatic rings. The van der Waals surface area contributed by atoms with Crippen molar-refractivity contribution in [3.63, 3.8) is 0 Å². The molecule has 2 unspecified atom stereocenters. The molecule has 0 aromatic heterocycles. The molecule has 0 aromatic rings. The minimum absolute atomic E-state index is 0.177. The average Bonchev–Trinajstić information content (AvgIpc) is 2.76. The summed E-state index contributed by atoms with van der Waals surface area (Å²) in [6.45, 7) is 0.900. The van der Waals surface area contributed by atoms with Gasteiger partial charge in [0.25, 0.3) is 0 Å². The van der Waals surface area contributed by atoms with Gasteiger partial charge in [-0.3, -0.25) is 4.79 Å². The molecule has 2 aliphatic carbocycles. The fourth-order valence-electron chi connectivity index (χ4n) is 4.64. The second-order valence-electron chi connectivity index (χ2n) is 7.01. The molecule has 0 spiro atoms. The minimum atomic E-state index is -0.692. The third-order valence-corrected chi connectivity index (χ3v) is 5.85. The first-order chi connectivity index (χ1) is 9.77. The lowest BCUT2D eigenvalue weighted by Crippen LogP contribution is -2.47. The Kier molecular flexibility index (Phi) is 4.01. The van der Waals surface area contributed by atoms with E-state index in [4.69, 9.17) is 0 Å². The van der Waals surface area contributed by atoms with Gasteiger partial charge in [-0.25, -0.2) is 0 Å². The van der Waals surface area contributed by atoms with E-state index >= 15 is 0 Å². The Morgan fingerprint density at radius 3 is 2.40 bits per heavy atom. The Balaban J connectivity index is 1.78. The molecule has 3 fully saturated rings. The summed E-state index contributed by atoms with van der Waals surface area (Å²) >= 11 is 0. The Labute approximate surface area is 122 Å². The highest BCUT2D eigenvalue weighted by Crippen LogP contribution is 2.42. The highest BCUT2D eigenvalue weighted by atomic mass is 16.2. The second kappa shape index (κ2) is 5.76. The van der Waals surface area contributed by atoms with Gasteiger partial charge in [0.2, 0.25) is 5.91 Å². The van der Waals surface area contributed by atoms with Crippen molar-refractivity contribution in [1.82, 2.24) is 4.90 Å². The van der Waals surface area contributed by atoms with Gasteiger partial charge in [-0.15, -0.1) is 0 Å². The molecular formula is C17H26N2O. The fourth-order valence-corrected chi connectivity index (χ4v) is 4.64. The van der Waals surface area contributed by atoms with Crippen molar-refractivity contribution in [2.75, 3.05) is 6.54 Å². The highest BCUT2D eigenvalue weighted by Gasteiger charge is 2.47. The summed E-state index contributed by atoms with van der Waals surface area (Å²) in [5.74, 6) is 0.894. The maximum atomic E-state index is 13.1. The van der Waals surface area contributed by atoms with Crippen molar-refractivity contribution >= 4 is 5.91 Å². The minimum Gasteiger partial charge on any atom is -0.338 e. The van der Waals surface area contributed by atoms with E-state index in [-0.39, 0.29) is 5.91 Å². The van der Waals surface area contributed by atoms with Gasteiger partial charge in [-0.2, -0.15) is 5.26 Å². The van der Waals surface area contributed by atoms with E-state index in [0.717, 1.165) is 45.1 Å². The lowest BCUT2D eigenvalue weighted by atomic mass is 9.79. The predicted molar refractivity (Wildman–Crippen MR) is 77.8 cm³/mol. The number of rotatable bonds is 1. The largest absolute Gasteiger partial charge is 0.338 e. The summed E-state index contributed by atoms with van der Waals surface area (Å²) < 4.78 is 0. The van der Waals surface area contributed by atoms with Gasteiger partial charge in [-0.05, 0) is 38.0 Å². The number of fused-ring (bicyclic) bond motifs is 1. The van der Waals surface area contributed by atoms with E-state index in [1.54, 1.807) is 0 Å². The lowest BCUT2D eigenvalue weighted by Gasteiger charge is -2.36. The number of hydrogen-bond acceptors (Lipinski definition) is 2. The number of amides is 1. The van der Waals surface area contributed by atoms with Gasteiger partial charge >= 0.3 is 0 Å². The van der Waals surface area contributed by atoms with Gasteiger partial charge in [0.1, 0.15) is 5.41 Å². The molecule has 1 saturated heterocycles. The summed E-state index contributed by atoms with van der Waals surface area (Å²) in [5, 5.41) is 9.70. The lowest BCUT2D eigenvalue weighted by molar-refractivity contribution is -0.141. The molecule has 0 radical (unpaired) electrons. The SMILES string of the molecule is N#CC1(C(=O)N2CCC3CCCCC32)CCCCCC1. The Morgan fingerprint density at radius 1 is 1.00 bits per heavy atom.